The number of amides is 1. The summed E-state index contributed by atoms with van der Waals surface area (Å²) in [4.78, 5) is 36.1. The first-order valence-electron chi connectivity index (χ1n) is 10.5. The van der Waals surface area contributed by atoms with Crippen molar-refractivity contribution in [2.24, 2.45) is 0 Å². The molecule has 10 nitrogen and oxygen atoms in total. The van der Waals surface area contributed by atoms with E-state index < -0.39 is 20.5 Å². The highest BCUT2D eigenvalue weighted by Crippen LogP contribution is 2.24. The molecule has 1 amide bonds. The number of sulfonamides is 1. The van der Waals surface area contributed by atoms with Crippen LogP contribution in [0.1, 0.15) is 49.5 Å². The number of hydrogen-bond donors (Lipinski definition) is 1. The van der Waals surface area contributed by atoms with Crippen molar-refractivity contribution in [3.8, 4) is 0 Å². The van der Waals surface area contributed by atoms with E-state index in [1.807, 2.05) is 0 Å². The zero-order chi connectivity index (χ0) is 25.7. The van der Waals surface area contributed by atoms with E-state index in [1.165, 1.54) is 48.2 Å². The maximum Gasteiger partial charge on any atom is 0.306 e. The van der Waals surface area contributed by atoms with Gasteiger partial charge in [-0.2, -0.15) is 0 Å². The van der Waals surface area contributed by atoms with Gasteiger partial charge in [0, 0.05) is 42.9 Å². The normalized spacial score (nSPS) is 11.6. The van der Waals surface area contributed by atoms with E-state index in [9.17, 15) is 28.1 Å². The van der Waals surface area contributed by atoms with Crippen LogP contribution in [-0.4, -0.2) is 49.3 Å². The molecule has 0 unspecified atom stereocenters. The molecule has 0 saturated heterocycles. The maximum absolute atomic E-state index is 12.6. The van der Waals surface area contributed by atoms with Gasteiger partial charge in [-0.05, 0) is 64.4 Å². The highest BCUT2D eigenvalue weighted by atomic mass is 32.2. The van der Waals surface area contributed by atoms with E-state index in [0.717, 1.165) is 6.07 Å². The number of anilines is 1. The molecule has 0 radical (unpaired) electrons. The van der Waals surface area contributed by atoms with Crippen molar-refractivity contribution in [3.05, 3.63) is 63.7 Å². The average Bonchev–Trinajstić information content (AvgIpc) is 2.72. The summed E-state index contributed by atoms with van der Waals surface area (Å²) >= 11 is 0. The molecule has 1 N–H and O–H groups in total. The molecule has 0 heterocycles. The summed E-state index contributed by atoms with van der Waals surface area (Å²) in [6.45, 7) is 7.23. The van der Waals surface area contributed by atoms with E-state index in [2.05, 4.69) is 4.72 Å². The standard InChI is InChI=1S/C23H29N3O7S/c1-16-8-13-19(15-20(16)26(29)30)34(31,32)24-18-11-9-17(10-12-18)22(28)25(5)14-6-7-21(27)33-23(2,3)4/h8-13,15,24H,6-7,14H2,1-5H3. The lowest BCUT2D eigenvalue weighted by Crippen LogP contribution is -2.29. The number of nitro benzene ring substituents is 1. The van der Waals surface area contributed by atoms with Crippen LogP contribution in [0.15, 0.2) is 47.4 Å². The molecule has 0 aliphatic heterocycles. The van der Waals surface area contributed by atoms with Gasteiger partial charge in [0.15, 0.2) is 0 Å². The minimum Gasteiger partial charge on any atom is -0.460 e. The number of aryl methyl sites for hydroxylation is 1. The Morgan fingerprint density at radius 1 is 1.12 bits per heavy atom. The molecule has 34 heavy (non-hydrogen) atoms. The third kappa shape index (κ3) is 7.55. The Bertz CT molecular complexity index is 1170. The van der Waals surface area contributed by atoms with Crippen molar-refractivity contribution in [1.82, 2.24) is 4.90 Å². The number of esters is 1. The first-order chi connectivity index (χ1) is 15.7. The van der Waals surface area contributed by atoms with Crippen molar-refractivity contribution in [2.45, 2.75) is 51.0 Å². The van der Waals surface area contributed by atoms with E-state index >= 15 is 0 Å². The fourth-order valence-electron chi connectivity index (χ4n) is 3.02. The molecular weight excluding hydrogens is 462 g/mol. The lowest BCUT2D eigenvalue weighted by Gasteiger charge is -2.20. The van der Waals surface area contributed by atoms with Gasteiger partial charge in [-0.3, -0.25) is 24.4 Å². The van der Waals surface area contributed by atoms with E-state index in [1.54, 1.807) is 27.8 Å². The van der Waals surface area contributed by atoms with Crippen LogP contribution in [0.3, 0.4) is 0 Å². The van der Waals surface area contributed by atoms with Crippen LogP contribution in [0.4, 0.5) is 11.4 Å². The van der Waals surface area contributed by atoms with E-state index in [0.29, 0.717) is 24.1 Å². The van der Waals surface area contributed by atoms with Crippen LogP contribution in [0.5, 0.6) is 0 Å². The number of nitrogens with zero attached hydrogens (tertiary/aromatic N) is 2. The predicted molar refractivity (Wildman–Crippen MR) is 127 cm³/mol. The fourth-order valence-corrected chi connectivity index (χ4v) is 4.10. The quantitative estimate of drug-likeness (QED) is 0.319. The third-order valence-electron chi connectivity index (χ3n) is 4.71. The van der Waals surface area contributed by atoms with Crippen molar-refractivity contribution in [2.75, 3.05) is 18.3 Å². The molecule has 0 aliphatic carbocycles. The molecule has 0 fully saturated rings. The minimum atomic E-state index is -4.06. The Morgan fingerprint density at radius 3 is 2.29 bits per heavy atom. The molecule has 2 rings (SSSR count). The number of carbonyl (C=O) groups is 2. The lowest BCUT2D eigenvalue weighted by atomic mass is 10.1. The second-order valence-corrected chi connectivity index (χ2v) is 10.5. The molecular formula is C23H29N3O7S. The van der Waals surface area contributed by atoms with Crippen LogP contribution in [-0.2, 0) is 19.6 Å². The Kier molecular flexibility index (Phi) is 8.38. The number of ether oxygens (including phenoxy) is 1. The smallest absolute Gasteiger partial charge is 0.306 e. The summed E-state index contributed by atoms with van der Waals surface area (Å²) in [5.41, 5.74) is 0.0394. The fraction of sp³-hybridized carbons (Fsp3) is 0.391. The molecule has 0 aromatic heterocycles. The number of benzene rings is 2. The van der Waals surface area contributed by atoms with Gasteiger partial charge in [0.1, 0.15) is 5.60 Å². The highest BCUT2D eigenvalue weighted by molar-refractivity contribution is 7.92. The third-order valence-corrected chi connectivity index (χ3v) is 6.09. The summed E-state index contributed by atoms with van der Waals surface area (Å²) in [5.74, 6) is -0.614. The lowest BCUT2D eigenvalue weighted by molar-refractivity contribution is -0.385. The molecule has 0 atom stereocenters. The Balaban J connectivity index is 2.00. The van der Waals surface area contributed by atoms with Crippen LogP contribution in [0.2, 0.25) is 0 Å². The number of nitro groups is 1. The molecule has 0 saturated carbocycles. The first kappa shape index (κ1) is 26.8. The molecule has 2 aromatic rings. The summed E-state index contributed by atoms with van der Waals surface area (Å²) in [6.07, 6.45) is 0.629. The molecule has 0 aliphatic rings. The van der Waals surface area contributed by atoms with E-state index in [-0.39, 0.29) is 34.6 Å². The van der Waals surface area contributed by atoms with Gasteiger partial charge >= 0.3 is 5.97 Å². The van der Waals surface area contributed by atoms with Gasteiger partial charge in [0.2, 0.25) is 0 Å². The molecule has 11 heteroatoms. The highest BCUT2D eigenvalue weighted by Gasteiger charge is 2.21. The summed E-state index contributed by atoms with van der Waals surface area (Å²) in [6, 6.07) is 9.47. The van der Waals surface area contributed by atoms with Crippen LogP contribution >= 0.6 is 0 Å². The Hall–Kier alpha value is -3.47. The van der Waals surface area contributed by atoms with Crippen molar-refractivity contribution in [1.29, 1.82) is 0 Å². The Labute approximate surface area is 199 Å². The molecule has 2 aromatic carbocycles. The van der Waals surface area contributed by atoms with Crippen molar-refractivity contribution in [3.63, 3.8) is 0 Å². The summed E-state index contributed by atoms with van der Waals surface area (Å²) in [5, 5.41) is 11.1. The number of rotatable bonds is 9. The SMILES string of the molecule is Cc1ccc(S(=O)(=O)Nc2ccc(C(=O)N(C)CCCC(=O)OC(C)(C)C)cc2)cc1[N+](=O)[O-]. The zero-order valence-electron chi connectivity index (χ0n) is 19.8. The van der Waals surface area contributed by atoms with Gasteiger partial charge < -0.3 is 9.64 Å². The average molecular weight is 492 g/mol. The van der Waals surface area contributed by atoms with E-state index in [4.69, 9.17) is 4.74 Å². The number of carbonyl (C=O) groups excluding carboxylic acids is 2. The van der Waals surface area contributed by atoms with Gasteiger partial charge in [0.05, 0.1) is 9.82 Å². The Morgan fingerprint density at radius 2 is 1.74 bits per heavy atom. The minimum absolute atomic E-state index is 0.187. The second-order valence-electron chi connectivity index (χ2n) is 8.80. The summed E-state index contributed by atoms with van der Waals surface area (Å²) in [7, 11) is -2.45. The molecule has 184 valence electrons. The van der Waals surface area contributed by atoms with Crippen molar-refractivity contribution >= 4 is 33.3 Å². The number of nitrogens with one attached hydrogen (secondary N) is 1. The summed E-state index contributed by atoms with van der Waals surface area (Å²) < 4.78 is 32.9. The largest absolute Gasteiger partial charge is 0.460 e. The predicted octanol–water partition coefficient (Wildman–Crippen LogP) is 3.90. The number of hydrogen-bond acceptors (Lipinski definition) is 7. The molecule has 0 bridgehead atoms. The topological polar surface area (TPSA) is 136 Å². The van der Waals surface area contributed by atoms with Gasteiger partial charge in [-0.1, -0.05) is 6.07 Å². The zero-order valence-corrected chi connectivity index (χ0v) is 20.6. The molecule has 0 spiro atoms. The second kappa shape index (κ2) is 10.6. The van der Waals surface area contributed by atoms with Gasteiger partial charge in [-0.25, -0.2) is 8.42 Å². The van der Waals surface area contributed by atoms with Crippen LogP contribution < -0.4 is 4.72 Å². The maximum atomic E-state index is 12.6. The van der Waals surface area contributed by atoms with Crippen LogP contribution in [0.25, 0.3) is 0 Å². The van der Waals surface area contributed by atoms with Gasteiger partial charge in [0.25, 0.3) is 21.6 Å². The van der Waals surface area contributed by atoms with Crippen LogP contribution in [0, 0.1) is 17.0 Å². The first-order valence-corrected chi connectivity index (χ1v) is 12.0. The van der Waals surface area contributed by atoms with Gasteiger partial charge in [-0.15, -0.1) is 0 Å². The monoisotopic (exact) mass is 491 g/mol. The van der Waals surface area contributed by atoms with Crippen molar-refractivity contribution < 1.29 is 27.7 Å².